The summed E-state index contributed by atoms with van der Waals surface area (Å²) in [4.78, 5) is 14.3. The molecule has 3 heteroatoms. The Balaban J connectivity index is 2.36. The molecular weight excluding hydrogens is 230 g/mol. The molecule has 0 unspecified atom stereocenters. The lowest BCUT2D eigenvalue weighted by molar-refractivity contribution is -0.126. The van der Waals surface area contributed by atoms with Gasteiger partial charge >= 0.3 is 0 Å². The molecule has 0 N–H and O–H groups in total. The highest BCUT2D eigenvalue weighted by molar-refractivity contribution is 8.00. The summed E-state index contributed by atoms with van der Waals surface area (Å²) in [5.74, 6) is 1.57. The van der Waals surface area contributed by atoms with Crippen LogP contribution in [0.15, 0.2) is 0 Å². The first-order chi connectivity index (χ1) is 7.71. The fourth-order valence-corrected chi connectivity index (χ4v) is 3.06. The van der Waals surface area contributed by atoms with Crippen LogP contribution in [0.4, 0.5) is 0 Å². The molecule has 1 rings (SSSR count). The molecule has 0 atom stereocenters. The molecule has 0 radical (unpaired) electrons. The van der Waals surface area contributed by atoms with E-state index >= 15 is 0 Å². The molecule has 0 aromatic heterocycles. The Kier molecular flexibility index (Phi) is 5.08. The Labute approximate surface area is 111 Å². The van der Waals surface area contributed by atoms with Crippen molar-refractivity contribution >= 4 is 17.5 Å². The molecule has 0 aromatic rings. The molecule has 2 nitrogen and oxygen atoms in total. The van der Waals surface area contributed by atoms with Gasteiger partial charge in [-0.2, -0.15) is 11.8 Å². The molecule has 0 amide bonds. The van der Waals surface area contributed by atoms with Crippen LogP contribution < -0.4 is 0 Å². The van der Waals surface area contributed by atoms with E-state index in [9.17, 15) is 4.79 Å². The van der Waals surface area contributed by atoms with Crippen molar-refractivity contribution < 1.29 is 4.79 Å². The third-order valence-electron chi connectivity index (χ3n) is 3.42. The minimum absolute atomic E-state index is 0.181. The van der Waals surface area contributed by atoms with Crippen molar-refractivity contribution in [3.63, 3.8) is 0 Å². The Hall–Kier alpha value is -0.0200. The predicted molar refractivity (Wildman–Crippen MR) is 76.7 cm³/mol. The van der Waals surface area contributed by atoms with Gasteiger partial charge in [0.1, 0.15) is 5.78 Å². The minimum atomic E-state index is -0.181. The van der Waals surface area contributed by atoms with E-state index in [1.54, 1.807) is 0 Å². The van der Waals surface area contributed by atoms with Gasteiger partial charge in [0.25, 0.3) is 0 Å². The van der Waals surface area contributed by atoms with Gasteiger partial charge in [0.15, 0.2) is 0 Å². The molecule has 1 fully saturated rings. The van der Waals surface area contributed by atoms with E-state index in [0.717, 1.165) is 19.6 Å². The van der Waals surface area contributed by atoms with Gasteiger partial charge in [-0.05, 0) is 13.0 Å². The maximum absolute atomic E-state index is 11.9. The number of ketones is 1. The van der Waals surface area contributed by atoms with Gasteiger partial charge in [0.05, 0.1) is 0 Å². The summed E-state index contributed by atoms with van der Waals surface area (Å²) in [5, 5.41) is 0. The number of nitrogens with zero attached hydrogens (tertiary/aromatic N) is 1. The zero-order chi connectivity index (χ0) is 13.1. The molecule has 0 saturated carbocycles. The number of rotatable bonds is 3. The zero-order valence-corrected chi connectivity index (χ0v) is 12.8. The van der Waals surface area contributed by atoms with E-state index < -0.39 is 0 Å². The largest absolute Gasteiger partial charge is 0.302 e. The van der Waals surface area contributed by atoms with Gasteiger partial charge in [0, 0.05) is 35.4 Å². The third-order valence-corrected chi connectivity index (χ3v) is 4.79. The first-order valence-electron chi connectivity index (χ1n) is 6.60. The Morgan fingerprint density at radius 3 is 2.53 bits per heavy atom. The van der Waals surface area contributed by atoms with Crippen LogP contribution in [0, 0.1) is 5.41 Å². The lowest BCUT2D eigenvalue weighted by Crippen LogP contribution is -2.32. The molecule has 17 heavy (non-hydrogen) atoms. The van der Waals surface area contributed by atoms with Crippen LogP contribution in [-0.4, -0.2) is 40.8 Å². The summed E-state index contributed by atoms with van der Waals surface area (Å²) in [6, 6.07) is 0. The number of thioether (sulfide) groups is 1. The second kappa shape index (κ2) is 5.75. The molecule has 0 bridgehead atoms. The highest BCUT2D eigenvalue weighted by atomic mass is 32.2. The van der Waals surface area contributed by atoms with Crippen LogP contribution in [-0.2, 0) is 4.79 Å². The van der Waals surface area contributed by atoms with Gasteiger partial charge in [-0.3, -0.25) is 4.79 Å². The van der Waals surface area contributed by atoms with Crippen LogP contribution in [0.5, 0.6) is 0 Å². The second-order valence-electron chi connectivity index (χ2n) is 6.62. The van der Waals surface area contributed by atoms with E-state index in [4.69, 9.17) is 0 Å². The lowest BCUT2D eigenvalue weighted by Gasteiger charge is -2.23. The monoisotopic (exact) mass is 257 g/mol. The fourth-order valence-electron chi connectivity index (χ4n) is 1.92. The number of hydrogen-bond donors (Lipinski definition) is 0. The number of carbonyl (C=O) groups is 1. The highest BCUT2D eigenvalue weighted by Gasteiger charge is 2.25. The topological polar surface area (TPSA) is 20.3 Å². The molecule has 1 aliphatic heterocycles. The van der Waals surface area contributed by atoms with Crippen molar-refractivity contribution in [3.8, 4) is 0 Å². The Morgan fingerprint density at radius 2 is 1.94 bits per heavy atom. The molecule has 0 aliphatic carbocycles. The van der Waals surface area contributed by atoms with E-state index in [0.29, 0.717) is 17.0 Å². The van der Waals surface area contributed by atoms with Crippen LogP contribution in [0.1, 0.15) is 47.5 Å². The van der Waals surface area contributed by atoms with Crippen LogP contribution in [0.25, 0.3) is 0 Å². The highest BCUT2D eigenvalue weighted by Crippen LogP contribution is 2.30. The minimum Gasteiger partial charge on any atom is -0.302 e. The van der Waals surface area contributed by atoms with Crippen molar-refractivity contribution in [2.45, 2.75) is 52.2 Å². The second-order valence-corrected chi connectivity index (χ2v) is 8.43. The quantitative estimate of drug-likeness (QED) is 0.774. The molecule has 100 valence electrons. The summed E-state index contributed by atoms with van der Waals surface area (Å²) in [7, 11) is 0. The van der Waals surface area contributed by atoms with E-state index in [-0.39, 0.29) is 5.41 Å². The summed E-state index contributed by atoms with van der Waals surface area (Å²) < 4.78 is 0.406. The smallest absolute Gasteiger partial charge is 0.139 e. The van der Waals surface area contributed by atoms with Gasteiger partial charge in [0.2, 0.25) is 0 Å². The standard InChI is InChI=1S/C14H27NOS/c1-13(2,3)12(16)6-8-15-9-7-14(4,5)17-11-10-15/h6-11H2,1-5H3. The van der Waals surface area contributed by atoms with Crippen LogP contribution >= 0.6 is 11.8 Å². The lowest BCUT2D eigenvalue weighted by atomic mass is 9.89. The first-order valence-corrected chi connectivity index (χ1v) is 7.59. The van der Waals surface area contributed by atoms with Crippen LogP contribution in [0.2, 0.25) is 0 Å². The van der Waals surface area contributed by atoms with Gasteiger partial charge < -0.3 is 4.90 Å². The molecule has 1 aliphatic rings. The van der Waals surface area contributed by atoms with Crippen molar-refractivity contribution in [3.05, 3.63) is 0 Å². The summed E-state index contributed by atoms with van der Waals surface area (Å²) in [6.07, 6.45) is 1.93. The Morgan fingerprint density at radius 1 is 1.29 bits per heavy atom. The van der Waals surface area contributed by atoms with Crippen molar-refractivity contribution in [2.24, 2.45) is 5.41 Å². The molecular formula is C14H27NOS. The summed E-state index contributed by atoms with van der Waals surface area (Å²) in [6.45, 7) is 13.9. The van der Waals surface area contributed by atoms with Crippen LogP contribution in [0.3, 0.4) is 0 Å². The summed E-state index contributed by atoms with van der Waals surface area (Å²) in [5.41, 5.74) is -0.181. The Bertz CT molecular complexity index is 268. The van der Waals surface area contributed by atoms with E-state index in [1.165, 1.54) is 12.2 Å². The zero-order valence-electron chi connectivity index (χ0n) is 12.0. The normalized spacial score (nSPS) is 22.2. The fraction of sp³-hybridized carbons (Fsp3) is 0.929. The first kappa shape index (κ1) is 15.0. The average Bonchev–Trinajstić information content (AvgIpc) is 2.34. The SMILES string of the molecule is CC1(C)CCN(CCC(=O)C(C)(C)C)CCS1. The molecule has 0 aromatic carbocycles. The van der Waals surface area contributed by atoms with Crippen molar-refractivity contribution in [1.29, 1.82) is 0 Å². The third kappa shape index (κ3) is 5.43. The van der Waals surface area contributed by atoms with Gasteiger partial charge in [-0.15, -0.1) is 0 Å². The molecule has 0 spiro atoms. The van der Waals surface area contributed by atoms with E-state index in [2.05, 4.69) is 30.5 Å². The molecule has 1 saturated heterocycles. The predicted octanol–water partition coefficient (Wildman–Crippen LogP) is 3.21. The van der Waals surface area contributed by atoms with Gasteiger partial charge in [-0.25, -0.2) is 0 Å². The van der Waals surface area contributed by atoms with Gasteiger partial charge in [-0.1, -0.05) is 34.6 Å². The maximum Gasteiger partial charge on any atom is 0.139 e. The molecule has 1 heterocycles. The number of carbonyl (C=O) groups excluding carboxylic acids is 1. The average molecular weight is 257 g/mol. The number of Topliss-reactive ketones (excluding diaryl/α,β-unsaturated/α-hetero) is 1. The van der Waals surface area contributed by atoms with E-state index in [1.807, 2.05) is 20.8 Å². The van der Waals surface area contributed by atoms with Crippen molar-refractivity contribution in [1.82, 2.24) is 4.90 Å². The maximum atomic E-state index is 11.9. The summed E-state index contributed by atoms with van der Waals surface area (Å²) >= 11 is 2.06. The number of hydrogen-bond acceptors (Lipinski definition) is 3. The van der Waals surface area contributed by atoms with Crippen molar-refractivity contribution in [2.75, 3.05) is 25.4 Å².